The normalized spacial score (nSPS) is 23.3. The van der Waals surface area contributed by atoms with E-state index in [9.17, 15) is 18.1 Å². The van der Waals surface area contributed by atoms with E-state index in [0.717, 1.165) is 18.6 Å². The first-order chi connectivity index (χ1) is 13.1. The molecule has 2 unspecified atom stereocenters. The van der Waals surface area contributed by atoms with Gasteiger partial charge in [-0.1, -0.05) is 13.8 Å². The maximum Gasteiger partial charge on any atom is 0.166 e. The molecule has 0 fully saturated rings. The van der Waals surface area contributed by atoms with E-state index in [2.05, 4.69) is 23.9 Å². The van der Waals surface area contributed by atoms with E-state index in [1.165, 1.54) is 6.07 Å². The van der Waals surface area contributed by atoms with Crippen molar-refractivity contribution >= 4 is 15.6 Å². The van der Waals surface area contributed by atoms with Crippen molar-refractivity contribution < 1.29 is 18.1 Å². The number of hydrogen-bond donors (Lipinski definition) is 4. The van der Waals surface area contributed by atoms with Gasteiger partial charge in [-0.2, -0.15) is 0 Å². The lowest BCUT2D eigenvalue weighted by molar-refractivity contribution is 0.198. The van der Waals surface area contributed by atoms with Crippen LogP contribution in [0.2, 0.25) is 0 Å². The van der Waals surface area contributed by atoms with E-state index in [4.69, 9.17) is 4.78 Å². The summed E-state index contributed by atoms with van der Waals surface area (Å²) in [5, 5.41) is 13.5. The van der Waals surface area contributed by atoms with E-state index in [1.807, 2.05) is 0 Å². The Kier molecular flexibility index (Phi) is 5.79. The van der Waals surface area contributed by atoms with Gasteiger partial charge in [0.25, 0.3) is 0 Å². The number of aromatic nitrogens is 1. The van der Waals surface area contributed by atoms with E-state index >= 15 is 0 Å². The number of halogens is 2. The highest BCUT2D eigenvalue weighted by atomic mass is 32.2. The molecule has 1 aromatic heterocycles. The molecule has 2 heterocycles. The number of aliphatic hydroxyl groups excluding tert-OH is 1. The molecule has 3 atom stereocenters. The van der Waals surface area contributed by atoms with Crippen molar-refractivity contribution in [2.45, 2.75) is 50.3 Å². The predicted octanol–water partition coefficient (Wildman–Crippen LogP) is 3.68. The molecular formula is C19H26F2N4O2S. The molecule has 9 heteroatoms. The van der Waals surface area contributed by atoms with Gasteiger partial charge < -0.3 is 15.0 Å². The average molecular weight is 413 g/mol. The van der Waals surface area contributed by atoms with Crippen molar-refractivity contribution in [1.82, 2.24) is 9.29 Å². The van der Waals surface area contributed by atoms with Crippen LogP contribution in [-0.4, -0.2) is 19.9 Å². The number of fused-ring (bicyclic) bond motifs is 1. The Morgan fingerprint density at radius 1 is 1.39 bits per heavy atom. The van der Waals surface area contributed by atoms with Crippen LogP contribution in [0.5, 0.6) is 0 Å². The fraction of sp³-hybridized carbons (Fsp3) is 0.474. The van der Waals surface area contributed by atoms with Crippen molar-refractivity contribution in [3.05, 3.63) is 47.3 Å². The molecule has 6 nitrogen and oxygen atoms in total. The van der Waals surface area contributed by atoms with Crippen LogP contribution >= 0.6 is 0 Å². The molecular weight excluding hydrogens is 386 g/mol. The molecule has 1 aromatic carbocycles. The van der Waals surface area contributed by atoms with Gasteiger partial charge in [-0.25, -0.2) is 22.5 Å². The van der Waals surface area contributed by atoms with Gasteiger partial charge in [0, 0.05) is 31.0 Å². The summed E-state index contributed by atoms with van der Waals surface area (Å²) < 4.78 is 52.6. The highest BCUT2D eigenvalue weighted by molar-refractivity contribution is 7.90. The minimum Gasteiger partial charge on any atom is -0.368 e. The number of aliphatic hydroxyl groups is 1. The Balaban J connectivity index is 1.92. The quantitative estimate of drug-likeness (QED) is 0.565. The molecule has 0 radical (unpaired) electrons. The van der Waals surface area contributed by atoms with Crippen LogP contribution in [-0.2, 0) is 23.4 Å². The molecule has 0 aliphatic carbocycles. The summed E-state index contributed by atoms with van der Waals surface area (Å²) in [6.45, 7) is 4.15. The molecule has 0 bridgehead atoms. The summed E-state index contributed by atoms with van der Waals surface area (Å²) in [6, 6.07) is 3.23. The zero-order valence-corrected chi connectivity index (χ0v) is 16.9. The average Bonchev–Trinajstić information content (AvgIpc) is 2.87. The molecule has 1 aliphatic heterocycles. The van der Waals surface area contributed by atoms with Crippen molar-refractivity contribution in [2.24, 2.45) is 13.0 Å². The predicted molar refractivity (Wildman–Crippen MR) is 104 cm³/mol. The number of benzene rings is 1. The zero-order valence-electron chi connectivity index (χ0n) is 16.1. The van der Waals surface area contributed by atoms with Crippen molar-refractivity contribution in [2.75, 3.05) is 5.32 Å². The largest absolute Gasteiger partial charge is 0.368 e. The molecule has 3 rings (SSSR count). The first-order valence-corrected chi connectivity index (χ1v) is 10.8. The van der Waals surface area contributed by atoms with Crippen molar-refractivity contribution in [3.8, 4) is 0 Å². The lowest BCUT2D eigenvalue weighted by Crippen LogP contribution is -2.33. The third-order valence-electron chi connectivity index (χ3n) is 4.92. The van der Waals surface area contributed by atoms with Crippen LogP contribution in [0.4, 0.5) is 14.5 Å². The summed E-state index contributed by atoms with van der Waals surface area (Å²) >= 11 is 0. The Morgan fingerprint density at radius 2 is 2.11 bits per heavy atom. The smallest absolute Gasteiger partial charge is 0.166 e. The van der Waals surface area contributed by atoms with Gasteiger partial charge in [-0.3, -0.25) is 0 Å². The number of nitrogens with one attached hydrogen (secondary N) is 3. The van der Waals surface area contributed by atoms with Crippen LogP contribution in [0.3, 0.4) is 0 Å². The van der Waals surface area contributed by atoms with E-state index in [1.54, 1.807) is 17.8 Å². The van der Waals surface area contributed by atoms with Crippen molar-refractivity contribution in [3.63, 3.8) is 0 Å². The maximum atomic E-state index is 13.5. The van der Waals surface area contributed by atoms with Gasteiger partial charge >= 0.3 is 0 Å². The molecule has 0 spiro atoms. The fourth-order valence-corrected chi connectivity index (χ4v) is 5.41. The highest BCUT2D eigenvalue weighted by Crippen LogP contribution is 2.32. The van der Waals surface area contributed by atoms with Gasteiger partial charge in [-0.05, 0) is 42.9 Å². The van der Waals surface area contributed by atoms with E-state index in [0.29, 0.717) is 34.9 Å². The SMILES string of the molecule is CC(C)C[C@H]1CCc2c(cn(C)c2C(O)Nc2ccc(F)c(F)c2)S(=N)(=O)N1. The Bertz CT molecular complexity index is 973. The summed E-state index contributed by atoms with van der Waals surface area (Å²) in [5.74, 6) is -1.59. The molecule has 0 saturated heterocycles. The maximum absolute atomic E-state index is 13.5. The molecule has 4 N–H and O–H groups in total. The number of hydrogen-bond acceptors (Lipinski definition) is 4. The first-order valence-electron chi connectivity index (χ1n) is 9.22. The zero-order chi connectivity index (χ0) is 20.6. The number of rotatable bonds is 5. The van der Waals surface area contributed by atoms with Crippen molar-refractivity contribution in [1.29, 1.82) is 4.78 Å². The fourth-order valence-electron chi connectivity index (χ4n) is 3.74. The van der Waals surface area contributed by atoms with Gasteiger partial charge in [0.1, 0.15) is 9.92 Å². The molecule has 28 heavy (non-hydrogen) atoms. The third-order valence-corrected chi connectivity index (χ3v) is 6.56. The molecule has 1 aliphatic rings. The van der Waals surface area contributed by atoms with Crippen LogP contribution < -0.4 is 10.0 Å². The van der Waals surface area contributed by atoms with E-state index in [-0.39, 0.29) is 11.7 Å². The minimum atomic E-state index is -3.21. The lowest BCUT2D eigenvalue weighted by Gasteiger charge is -2.19. The number of aryl methyl sites for hydroxylation is 1. The Labute approximate surface area is 164 Å². The molecule has 2 aromatic rings. The third kappa shape index (κ3) is 4.21. The number of nitrogens with zero attached hydrogens (tertiary/aromatic N) is 1. The van der Waals surface area contributed by atoms with Gasteiger partial charge in [0.15, 0.2) is 17.9 Å². The second-order valence-electron chi connectivity index (χ2n) is 7.68. The summed E-state index contributed by atoms with van der Waals surface area (Å²) in [4.78, 5) is 0.363. The second kappa shape index (κ2) is 7.81. The number of anilines is 1. The summed E-state index contributed by atoms with van der Waals surface area (Å²) in [5.41, 5.74) is 1.34. The molecule has 0 saturated carbocycles. The second-order valence-corrected chi connectivity index (χ2v) is 9.47. The van der Waals surface area contributed by atoms with Crippen LogP contribution in [0.1, 0.15) is 44.2 Å². The van der Waals surface area contributed by atoms with Gasteiger partial charge in [0.2, 0.25) is 0 Å². The van der Waals surface area contributed by atoms with E-state index < -0.39 is 27.8 Å². The topological polar surface area (TPSA) is 90.1 Å². The Hall–Kier alpha value is -1.97. The monoisotopic (exact) mass is 412 g/mol. The molecule has 154 valence electrons. The summed E-state index contributed by atoms with van der Waals surface area (Å²) in [6.07, 6.45) is 2.42. The Morgan fingerprint density at radius 3 is 2.75 bits per heavy atom. The van der Waals surface area contributed by atoms with Gasteiger partial charge in [0.05, 0.1) is 10.6 Å². The van der Waals surface area contributed by atoms with Crippen LogP contribution in [0, 0.1) is 22.3 Å². The minimum absolute atomic E-state index is 0.0492. The highest BCUT2D eigenvalue weighted by Gasteiger charge is 2.31. The molecule has 0 amide bonds. The van der Waals surface area contributed by atoms with Gasteiger partial charge in [-0.15, -0.1) is 0 Å². The first kappa shape index (κ1) is 20.8. The lowest BCUT2D eigenvalue weighted by atomic mass is 9.98. The standard InChI is InChI=1S/C19H26F2N4O2S/c1-11(2)8-13-4-6-14-17(28(22,27)24-13)10-25(3)18(14)19(26)23-12-5-7-15(20)16(21)9-12/h5,7,9-11,13,19,23,26H,4,6,8H2,1-3H3,(H2,22,24,27)/t13-,19?,28?/m1/s1. The van der Waals surface area contributed by atoms with Crippen LogP contribution in [0.25, 0.3) is 0 Å². The van der Waals surface area contributed by atoms with Crippen LogP contribution in [0.15, 0.2) is 29.3 Å². The summed E-state index contributed by atoms with van der Waals surface area (Å²) in [7, 11) is -1.52.